The monoisotopic (exact) mass is 828 g/mol. The third kappa shape index (κ3) is 9.40. The maximum absolute atomic E-state index is 3.65. The molecule has 1 unspecified atom stereocenters. The Morgan fingerprint density at radius 2 is 1.30 bits per heavy atom. The number of benzene rings is 4. The first-order valence-electron chi connectivity index (χ1n) is 19.3. The summed E-state index contributed by atoms with van der Waals surface area (Å²) in [6.45, 7) is 22.7. The number of fused-ring (bicyclic) bond motifs is 5. The zero-order valence-electron chi connectivity index (χ0n) is 34.0. The second-order valence-electron chi connectivity index (χ2n) is 17.2. The van der Waals surface area contributed by atoms with Gasteiger partial charge in [0.2, 0.25) is 0 Å². The molecular weight excluding hydrogens is 775 g/mol. The van der Waals surface area contributed by atoms with Gasteiger partial charge in [-0.2, -0.15) is 17.2 Å². The molecule has 0 nitrogen and oxygen atoms in total. The van der Waals surface area contributed by atoms with Gasteiger partial charge in [-0.25, -0.2) is 11.6 Å². The van der Waals surface area contributed by atoms with Gasteiger partial charge in [-0.1, -0.05) is 117 Å². The summed E-state index contributed by atoms with van der Waals surface area (Å²) in [5.41, 5.74) is 19.0. The van der Waals surface area contributed by atoms with Crippen molar-refractivity contribution >= 4 is 14.4 Å². The molecule has 0 heterocycles. The molecule has 0 aliphatic heterocycles. The summed E-state index contributed by atoms with van der Waals surface area (Å²) in [7, 11) is 0. The summed E-state index contributed by atoms with van der Waals surface area (Å²) in [6, 6.07) is 30.9. The molecule has 0 fully saturated rings. The van der Waals surface area contributed by atoms with E-state index >= 15 is 0 Å². The van der Waals surface area contributed by atoms with Crippen LogP contribution in [0.2, 0.25) is 0 Å². The van der Waals surface area contributed by atoms with Crippen LogP contribution >= 0.6 is 0 Å². The Morgan fingerprint density at radius 3 is 1.81 bits per heavy atom. The number of allylic oxidation sites excluding steroid dienone is 8. The third-order valence-electron chi connectivity index (χ3n) is 11.1. The molecule has 8 rings (SSSR count). The predicted octanol–water partition coefficient (Wildman–Crippen LogP) is 7.40. The molecule has 0 saturated carbocycles. The Bertz CT molecular complexity index is 1980. The van der Waals surface area contributed by atoms with Crippen LogP contribution in [-0.2, 0) is 41.5 Å². The molecule has 0 bridgehead atoms. The van der Waals surface area contributed by atoms with Gasteiger partial charge in [0.25, 0.3) is 0 Å². The Morgan fingerprint density at radius 1 is 0.759 bits per heavy atom. The summed E-state index contributed by atoms with van der Waals surface area (Å²) < 4.78 is 1.42. The summed E-state index contributed by atoms with van der Waals surface area (Å²) >= 11 is 1.46. The molecule has 4 aromatic rings. The van der Waals surface area contributed by atoms with Crippen LogP contribution in [0, 0.1) is 23.5 Å². The van der Waals surface area contributed by atoms with Crippen LogP contribution in [0.15, 0.2) is 109 Å². The third-order valence-corrected chi connectivity index (χ3v) is 12.5. The van der Waals surface area contributed by atoms with Crippen molar-refractivity contribution in [3.8, 4) is 11.1 Å². The standard InChI is InChI=1S/C25H25.C13H10.C13H21.2ClH.Zr/c1-14-12-24(3,4)22-8-16-7-17-9-23-19(15(2)13-25(23,5)6)11-21(17)20(16)10-18(14)22;1-3-7-12(8-4-1)11-13-9-5-2-6-10-13;1-5-6-7-11-8-9-12(10-11)13(2,3)4;;;/h8-12H,7H2,1-6H3;1-10H;9-11H,5-7H2,1-4H3;2*1H;/q-1;;-1;;;+2/p-2. The fraction of sp³-hybridized carbons (Fsp3) is 0.353. The Kier molecular flexibility index (Phi) is 14.3. The van der Waals surface area contributed by atoms with Crippen molar-refractivity contribution in [3.05, 3.63) is 165 Å². The summed E-state index contributed by atoms with van der Waals surface area (Å²) in [5, 5.41) is 0. The predicted molar refractivity (Wildman–Crippen MR) is 221 cm³/mol. The van der Waals surface area contributed by atoms with E-state index in [2.05, 4.69) is 185 Å². The molecule has 0 aromatic heterocycles. The van der Waals surface area contributed by atoms with Gasteiger partial charge in [0.15, 0.2) is 0 Å². The molecule has 4 aliphatic rings. The van der Waals surface area contributed by atoms with Crippen molar-refractivity contribution in [1.29, 1.82) is 0 Å². The zero-order valence-corrected chi connectivity index (χ0v) is 37.9. The van der Waals surface area contributed by atoms with Gasteiger partial charge in [-0.15, -0.1) is 11.6 Å². The van der Waals surface area contributed by atoms with E-state index in [0.29, 0.717) is 11.3 Å². The van der Waals surface area contributed by atoms with Gasteiger partial charge < -0.3 is 24.8 Å². The quantitative estimate of drug-likeness (QED) is 0.162. The first-order chi connectivity index (χ1) is 24.6. The van der Waals surface area contributed by atoms with E-state index in [1.807, 2.05) is 0 Å². The molecule has 4 aliphatic carbocycles. The Balaban J connectivity index is 0.000000193. The van der Waals surface area contributed by atoms with Gasteiger partial charge in [0.05, 0.1) is 0 Å². The Labute approximate surface area is 354 Å². The summed E-state index contributed by atoms with van der Waals surface area (Å²) in [4.78, 5) is 0. The van der Waals surface area contributed by atoms with Crippen LogP contribution in [0.3, 0.4) is 0 Å². The van der Waals surface area contributed by atoms with Crippen molar-refractivity contribution in [2.45, 2.75) is 106 Å². The minimum atomic E-state index is 0. The van der Waals surface area contributed by atoms with Crippen LogP contribution in [-0.4, -0.2) is 3.21 Å². The molecule has 0 radical (unpaired) electrons. The van der Waals surface area contributed by atoms with Gasteiger partial charge in [0, 0.05) is 5.41 Å². The van der Waals surface area contributed by atoms with Crippen LogP contribution in [0.4, 0.5) is 0 Å². The molecule has 280 valence electrons. The average Bonchev–Trinajstić information content (AvgIpc) is 3.84. The van der Waals surface area contributed by atoms with Crippen molar-refractivity contribution in [2.75, 3.05) is 0 Å². The van der Waals surface area contributed by atoms with Crippen molar-refractivity contribution < 1.29 is 49.0 Å². The molecule has 1 atom stereocenters. The first kappa shape index (κ1) is 43.9. The van der Waals surface area contributed by atoms with Crippen LogP contribution < -0.4 is 24.8 Å². The normalized spacial score (nSPS) is 17.4. The molecular formula is C51H56Cl2Zr-2. The van der Waals surface area contributed by atoms with E-state index < -0.39 is 0 Å². The van der Waals surface area contributed by atoms with Crippen molar-refractivity contribution in [1.82, 2.24) is 0 Å². The second kappa shape index (κ2) is 17.5. The molecule has 4 aromatic carbocycles. The fourth-order valence-electron chi connectivity index (χ4n) is 8.22. The molecule has 0 spiro atoms. The zero-order chi connectivity index (χ0) is 37.4. The van der Waals surface area contributed by atoms with E-state index in [9.17, 15) is 0 Å². The van der Waals surface area contributed by atoms with E-state index in [0.717, 1.165) is 6.42 Å². The molecule has 0 saturated heterocycles. The summed E-state index contributed by atoms with van der Waals surface area (Å²) in [5.74, 6) is 0.592. The van der Waals surface area contributed by atoms with E-state index in [1.54, 1.807) is 0 Å². The number of hydrogen-bond acceptors (Lipinski definition) is 0. The summed E-state index contributed by atoms with van der Waals surface area (Å²) in [6.07, 6.45) is 19.0. The average molecular weight is 831 g/mol. The number of halogens is 2. The van der Waals surface area contributed by atoms with Crippen LogP contribution in [0.1, 0.15) is 133 Å². The van der Waals surface area contributed by atoms with E-state index in [1.165, 1.54) is 119 Å². The van der Waals surface area contributed by atoms with Gasteiger partial charge in [-0.3, -0.25) is 12.2 Å². The Hall–Kier alpha value is -2.83. The van der Waals surface area contributed by atoms with Crippen LogP contribution in [0.5, 0.6) is 0 Å². The SMILES string of the molecule is CC1=[C-]C(C)(C)c2cc3c(cc21)-c1cc2c(cc1C3)C(C)(C)C=C2C.CCCCC1[C-]=CC(C(C)(C)C)=C1.[Cl-].[Cl-].[Zr+2]=[C](c1ccccc1)c1ccccc1. The molecule has 0 amide bonds. The minimum absolute atomic E-state index is 0. The van der Waals surface area contributed by atoms with E-state index in [4.69, 9.17) is 0 Å². The molecule has 0 N–H and O–H groups in total. The molecule has 3 heteroatoms. The van der Waals surface area contributed by atoms with Gasteiger partial charge >= 0.3 is 99.2 Å². The number of rotatable bonds is 5. The molecule has 54 heavy (non-hydrogen) atoms. The van der Waals surface area contributed by atoms with Gasteiger partial charge in [-0.05, 0) is 58.4 Å². The number of unbranched alkanes of at least 4 members (excludes halogenated alkanes) is 1. The van der Waals surface area contributed by atoms with E-state index in [-0.39, 0.29) is 35.6 Å². The topological polar surface area (TPSA) is 0 Å². The fourth-order valence-corrected chi connectivity index (χ4v) is 9.04. The van der Waals surface area contributed by atoms with Gasteiger partial charge in [0.1, 0.15) is 0 Å². The maximum atomic E-state index is 3.65. The van der Waals surface area contributed by atoms with Crippen molar-refractivity contribution in [2.24, 2.45) is 11.3 Å². The second-order valence-corrected chi connectivity index (χ2v) is 18.5. The first-order valence-corrected chi connectivity index (χ1v) is 20.5. The van der Waals surface area contributed by atoms with Crippen LogP contribution in [0.25, 0.3) is 22.3 Å². The number of hydrogen-bond donors (Lipinski definition) is 0. The van der Waals surface area contributed by atoms with Crippen molar-refractivity contribution in [3.63, 3.8) is 0 Å².